The lowest BCUT2D eigenvalue weighted by molar-refractivity contribution is -0.141. The monoisotopic (exact) mass is 479 g/mol. The number of fused-ring (bicyclic) bond motifs is 1. The number of para-hydroxylation sites is 1. The van der Waals surface area contributed by atoms with Crippen LogP contribution in [0.2, 0.25) is 0 Å². The van der Waals surface area contributed by atoms with Crippen molar-refractivity contribution in [2.45, 2.75) is 19.6 Å². The normalized spacial score (nSPS) is 11.4. The molecule has 0 fully saturated rings. The number of nitrogens with two attached hydrogens (primary N) is 2. The Kier molecular flexibility index (Phi) is 5.69. The summed E-state index contributed by atoms with van der Waals surface area (Å²) >= 11 is 0. The molecule has 0 saturated heterocycles. The lowest BCUT2D eigenvalue weighted by atomic mass is 9.92. The molecule has 0 atom stereocenters. The van der Waals surface area contributed by atoms with E-state index in [1.165, 1.54) is 37.4 Å². The van der Waals surface area contributed by atoms with Gasteiger partial charge in [0.2, 0.25) is 5.91 Å². The second-order valence-corrected chi connectivity index (χ2v) is 7.57. The number of hydrogen-bond donors (Lipinski definition) is 2. The first-order valence-electron chi connectivity index (χ1n) is 10.0. The molecule has 12 heteroatoms. The van der Waals surface area contributed by atoms with Gasteiger partial charge in [0.05, 0.1) is 28.9 Å². The number of aromatic nitrogens is 4. The van der Waals surface area contributed by atoms with Crippen LogP contribution in [0, 0.1) is 18.3 Å². The van der Waals surface area contributed by atoms with Crippen molar-refractivity contribution in [3.05, 3.63) is 76.5 Å². The number of hydrogen-bond acceptors (Lipinski definition) is 6. The van der Waals surface area contributed by atoms with E-state index in [4.69, 9.17) is 16.7 Å². The number of amides is 2. The standard InChI is InChI=1S/C23H16F3N7O2/c1-11-16(18-17(21(28)34)14-4-2-3-5-15(14)31-19(18)22(29)35)20(23(24,25)26)32-33(11)10-13-7-6-12(8-27)9-30-13/h2-7,9H,10H2,1H3,(H2,28,34)(H2,29,35). The zero-order chi connectivity index (χ0) is 25.5. The number of primary amides is 2. The molecule has 0 aliphatic rings. The number of carbonyl (C=O) groups is 2. The second kappa shape index (κ2) is 8.53. The third-order valence-electron chi connectivity index (χ3n) is 5.36. The van der Waals surface area contributed by atoms with Crippen molar-refractivity contribution >= 4 is 22.7 Å². The second-order valence-electron chi connectivity index (χ2n) is 7.57. The number of alkyl halides is 3. The molecule has 3 aromatic heterocycles. The molecule has 3 heterocycles. The van der Waals surface area contributed by atoms with Gasteiger partial charge in [-0.15, -0.1) is 0 Å². The third kappa shape index (κ3) is 4.15. The van der Waals surface area contributed by atoms with E-state index in [0.717, 1.165) is 4.68 Å². The van der Waals surface area contributed by atoms with Crippen LogP contribution >= 0.6 is 0 Å². The first-order valence-corrected chi connectivity index (χ1v) is 10.0. The Morgan fingerprint density at radius 2 is 1.80 bits per heavy atom. The van der Waals surface area contributed by atoms with Crippen molar-refractivity contribution < 1.29 is 22.8 Å². The smallest absolute Gasteiger partial charge is 0.366 e. The predicted octanol–water partition coefficient (Wildman–Crippen LogP) is 2.94. The average Bonchev–Trinajstić information content (AvgIpc) is 3.14. The lowest BCUT2D eigenvalue weighted by Crippen LogP contribution is -2.21. The van der Waals surface area contributed by atoms with Gasteiger partial charge in [-0.05, 0) is 25.1 Å². The van der Waals surface area contributed by atoms with Gasteiger partial charge in [0, 0.05) is 28.4 Å². The maximum Gasteiger partial charge on any atom is 0.435 e. The van der Waals surface area contributed by atoms with Crippen molar-refractivity contribution in [1.82, 2.24) is 19.7 Å². The molecule has 1 aromatic carbocycles. The van der Waals surface area contributed by atoms with Crippen LogP contribution in [-0.2, 0) is 12.7 Å². The highest BCUT2D eigenvalue weighted by Crippen LogP contribution is 2.42. The van der Waals surface area contributed by atoms with Crippen LogP contribution in [0.25, 0.3) is 22.0 Å². The largest absolute Gasteiger partial charge is 0.435 e. The average molecular weight is 479 g/mol. The molecule has 4 aromatic rings. The first kappa shape index (κ1) is 23.4. The number of nitrogens with zero attached hydrogens (tertiary/aromatic N) is 5. The van der Waals surface area contributed by atoms with Gasteiger partial charge in [-0.1, -0.05) is 18.2 Å². The fraction of sp³-hybridized carbons (Fsp3) is 0.130. The maximum absolute atomic E-state index is 14.2. The zero-order valence-corrected chi connectivity index (χ0v) is 18.1. The van der Waals surface area contributed by atoms with Gasteiger partial charge in [0.1, 0.15) is 11.8 Å². The summed E-state index contributed by atoms with van der Waals surface area (Å²) in [5.74, 6) is -2.20. The summed E-state index contributed by atoms with van der Waals surface area (Å²) in [6.45, 7) is 1.17. The van der Waals surface area contributed by atoms with Crippen LogP contribution < -0.4 is 11.5 Å². The van der Waals surface area contributed by atoms with Crippen molar-refractivity contribution in [1.29, 1.82) is 5.26 Å². The minimum Gasteiger partial charge on any atom is -0.366 e. The predicted molar refractivity (Wildman–Crippen MR) is 118 cm³/mol. The summed E-state index contributed by atoms with van der Waals surface area (Å²) in [4.78, 5) is 33.0. The molecule has 0 saturated carbocycles. The molecule has 0 aliphatic heterocycles. The van der Waals surface area contributed by atoms with Gasteiger partial charge >= 0.3 is 6.18 Å². The van der Waals surface area contributed by atoms with Crippen molar-refractivity contribution in [3.63, 3.8) is 0 Å². The van der Waals surface area contributed by atoms with E-state index in [-0.39, 0.29) is 34.3 Å². The molecule has 2 amide bonds. The van der Waals surface area contributed by atoms with Gasteiger partial charge in [-0.3, -0.25) is 19.3 Å². The van der Waals surface area contributed by atoms with Crippen LogP contribution in [-0.4, -0.2) is 31.6 Å². The Balaban J connectivity index is 2.06. The summed E-state index contributed by atoms with van der Waals surface area (Å²) in [6.07, 6.45) is -3.68. The van der Waals surface area contributed by atoms with Crippen molar-refractivity contribution in [2.24, 2.45) is 11.5 Å². The van der Waals surface area contributed by atoms with Crippen LogP contribution in [0.5, 0.6) is 0 Å². The Morgan fingerprint density at radius 3 is 2.37 bits per heavy atom. The quantitative estimate of drug-likeness (QED) is 0.449. The number of nitriles is 1. The first-order chi connectivity index (χ1) is 16.5. The van der Waals surface area contributed by atoms with Gasteiger partial charge in [-0.2, -0.15) is 23.5 Å². The van der Waals surface area contributed by atoms with Crippen molar-refractivity contribution in [3.8, 4) is 17.2 Å². The molecule has 4 rings (SSSR count). The Bertz CT molecular complexity index is 1530. The molecule has 35 heavy (non-hydrogen) atoms. The fourth-order valence-electron chi connectivity index (χ4n) is 3.82. The Hall–Kier alpha value is -4.79. The minimum absolute atomic E-state index is 0.0226. The van der Waals surface area contributed by atoms with E-state index in [1.54, 1.807) is 12.1 Å². The number of pyridine rings is 2. The van der Waals surface area contributed by atoms with Crippen LogP contribution in [0.15, 0.2) is 42.6 Å². The molecule has 0 bridgehead atoms. The van der Waals surface area contributed by atoms with Gasteiger partial charge in [0.25, 0.3) is 5.91 Å². The van der Waals surface area contributed by atoms with Crippen LogP contribution in [0.3, 0.4) is 0 Å². The summed E-state index contributed by atoms with van der Waals surface area (Å²) in [5, 5.41) is 12.8. The molecule has 0 radical (unpaired) electrons. The van der Waals surface area contributed by atoms with Crippen LogP contribution in [0.1, 0.15) is 43.5 Å². The Labute approximate surface area is 195 Å². The van der Waals surface area contributed by atoms with Gasteiger partial charge in [-0.25, -0.2) is 4.98 Å². The molecule has 9 nitrogen and oxygen atoms in total. The highest BCUT2D eigenvalue weighted by atomic mass is 19.4. The molecule has 176 valence electrons. The SMILES string of the molecule is Cc1c(-c2c(C(N)=O)nc3ccccc3c2C(N)=O)c(C(F)(F)F)nn1Cc1ccc(C#N)cn1. The summed E-state index contributed by atoms with van der Waals surface area (Å²) in [7, 11) is 0. The van der Waals surface area contributed by atoms with E-state index in [9.17, 15) is 22.8 Å². The highest BCUT2D eigenvalue weighted by molar-refractivity contribution is 6.15. The fourth-order valence-corrected chi connectivity index (χ4v) is 3.82. The van der Waals surface area contributed by atoms with E-state index in [2.05, 4.69) is 15.1 Å². The molecular weight excluding hydrogens is 463 g/mol. The minimum atomic E-state index is -4.96. The van der Waals surface area contributed by atoms with Gasteiger partial charge < -0.3 is 11.5 Å². The molecule has 0 aliphatic carbocycles. The van der Waals surface area contributed by atoms with E-state index in [0.29, 0.717) is 5.69 Å². The number of halogens is 3. The van der Waals surface area contributed by atoms with E-state index >= 15 is 0 Å². The zero-order valence-electron chi connectivity index (χ0n) is 18.1. The molecule has 4 N–H and O–H groups in total. The molecular formula is C23H16F3N7O2. The molecule has 0 spiro atoms. The number of rotatable bonds is 5. The summed E-state index contributed by atoms with van der Waals surface area (Å²) in [6, 6.07) is 10.9. The van der Waals surface area contributed by atoms with Crippen molar-refractivity contribution in [2.75, 3.05) is 0 Å². The summed E-state index contributed by atoms with van der Waals surface area (Å²) < 4.78 is 43.5. The topological polar surface area (TPSA) is 154 Å². The number of benzene rings is 1. The highest BCUT2D eigenvalue weighted by Gasteiger charge is 2.41. The van der Waals surface area contributed by atoms with Crippen LogP contribution in [0.4, 0.5) is 13.2 Å². The third-order valence-corrected chi connectivity index (χ3v) is 5.36. The van der Waals surface area contributed by atoms with E-state index in [1.807, 2.05) is 6.07 Å². The lowest BCUT2D eigenvalue weighted by Gasteiger charge is -2.16. The van der Waals surface area contributed by atoms with Gasteiger partial charge in [0.15, 0.2) is 5.69 Å². The van der Waals surface area contributed by atoms with E-state index < -0.39 is 40.5 Å². The number of carbonyl (C=O) groups excluding carboxylic acids is 2. The maximum atomic E-state index is 14.2. The Morgan fingerprint density at radius 1 is 1.09 bits per heavy atom. The molecule has 0 unspecified atom stereocenters. The summed E-state index contributed by atoms with van der Waals surface area (Å²) in [5.41, 5.74) is 8.65.